The van der Waals surface area contributed by atoms with E-state index in [-0.39, 0.29) is 28.6 Å². The highest BCUT2D eigenvalue weighted by atomic mass is 32.2. The number of carbonyl (C=O) groups is 3. The van der Waals surface area contributed by atoms with Crippen molar-refractivity contribution in [1.82, 2.24) is 4.90 Å². The second-order valence-corrected chi connectivity index (χ2v) is 7.47. The molecule has 0 aliphatic heterocycles. The summed E-state index contributed by atoms with van der Waals surface area (Å²) in [4.78, 5) is 48.7. The van der Waals surface area contributed by atoms with Crippen molar-refractivity contribution >= 4 is 40.9 Å². The van der Waals surface area contributed by atoms with Gasteiger partial charge in [-0.15, -0.1) is 11.8 Å². The molecule has 0 aromatic heterocycles. The predicted molar refractivity (Wildman–Crippen MR) is 113 cm³/mol. The zero-order valence-corrected chi connectivity index (χ0v) is 17.5. The number of anilines is 1. The molecule has 2 rings (SSSR count). The minimum Gasteiger partial charge on any atom is -0.452 e. The highest BCUT2D eigenvalue weighted by Crippen LogP contribution is 2.24. The summed E-state index contributed by atoms with van der Waals surface area (Å²) in [6.45, 7) is 1.03. The summed E-state index contributed by atoms with van der Waals surface area (Å²) in [6, 6.07) is 10.9. The third kappa shape index (κ3) is 6.31. The van der Waals surface area contributed by atoms with Gasteiger partial charge in [-0.2, -0.15) is 0 Å². The van der Waals surface area contributed by atoms with Crippen LogP contribution in [-0.4, -0.2) is 54.1 Å². The molecule has 2 aromatic carbocycles. The van der Waals surface area contributed by atoms with Crippen LogP contribution >= 0.6 is 11.8 Å². The quantitative estimate of drug-likeness (QED) is 0.295. The molecule has 0 bridgehead atoms. The number of benzene rings is 2. The van der Waals surface area contributed by atoms with Crippen LogP contribution in [0.15, 0.2) is 47.4 Å². The van der Waals surface area contributed by atoms with Gasteiger partial charge in [0.25, 0.3) is 11.6 Å². The van der Waals surface area contributed by atoms with Crippen molar-refractivity contribution in [3.63, 3.8) is 0 Å². The molecular formula is C20H21N3O6S. The van der Waals surface area contributed by atoms with Crippen LogP contribution in [0.3, 0.4) is 0 Å². The van der Waals surface area contributed by atoms with E-state index in [1.165, 1.54) is 34.9 Å². The van der Waals surface area contributed by atoms with Crippen LogP contribution < -0.4 is 5.32 Å². The second kappa shape index (κ2) is 10.4. The molecule has 0 aliphatic carbocycles. The number of nitrogens with zero attached hydrogens (tertiary/aromatic N) is 2. The van der Waals surface area contributed by atoms with E-state index in [4.69, 9.17) is 4.74 Å². The fraction of sp³-hybridized carbons (Fsp3) is 0.250. The van der Waals surface area contributed by atoms with Gasteiger partial charge >= 0.3 is 5.97 Å². The zero-order valence-electron chi connectivity index (χ0n) is 16.7. The first-order valence-corrected chi connectivity index (χ1v) is 9.81. The lowest BCUT2D eigenvalue weighted by Crippen LogP contribution is -2.23. The molecule has 2 aromatic rings. The standard InChI is InChI=1S/C20H21N3O6S/c1-13-8-9-14(10-16(13)23(27)28)21-18(24)11-29-20(26)15-6-4-5-7-17(15)30-12-19(25)22(2)3/h4-10H,11-12H2,1-3H3,(H,21,24). The summed E-state index contributed by atoms with van der Waals surface area (Å²) in [5.74, 6) is -1.28. The zero-order chi connectivity index (χ0) is 22.3. The number of esters is 1. The van der Waals surface area contributed by atoms with Crippen molar-refractivity contribution in [2.24, 2.45) is 0 Å². The van der Waals surface area contributed by atoms with Crippen molar-refractivity contribution in [3.05, 3.63) is 63.7 Å². The van der Waals surface area contributed by atoms with Gasteiger partial charge in [0.05, 0.1) is 16.2 Å². The molecular weight excluding hydrogens is 410 g/mol. The first-order chi connectivity index (χ1) is 14.2. The Hall–Kier alpha value is -3.40. The van der Waals surface area contributed by atoms with Gasteiger partial charge in [0.2, 0.25) is 5.91 Å². The number of rotatable bonds is 8. The molecule has 0 saturated carbocycles. The Labute approximate surface area is 177 Å². The van der Waals surface area contributed by atoms with Gasteiger partial charge in [-0.3, -0.25) is 19.7 Å². The number of nitrogens with one attached hydrogen (secondary N) is 1. The molecule has 0 saturated heterocycles. The van der Waals surface area contributed by atoms with Gasteiger partial charge < -0.3 is 15.0 Å². The predicted octanol–water partition coefficient (Wildman–Crippen LogP) is 2.88. The van der Waals surface area contributed by atoms with E-state index < -0.39 is 23.4 Å². The molecule has 2 amide bonds. The van der Waals surface area contributed by atoms with Crippen LogP contribution in [0.5, 0.6) is 0 Å². The summed E-state index contributed by atoms with van der Waals surface area (Å²) in [5, 5.41) is 13.5. The maximum absolute atomic E-state index is 12.4. The molecule has 10 heteroatoms. The maximum Gasteiger partial charge on any atom is 0.339 e. The number of ether oxygens (including phenoxy) is 1. The van der Waals surface area contributed by atoms with Gasteiger partial charge in [-0.25, -0.2) is 4.79 Å². The fourth-order valence-electron chi connectivity index (χ4n) is 2.32. The number of thioether (sulfide) groups is 1. The lowest BCUT2D eigenvalue weighted by Gasteiger charge is -2.12. The number of hydrogen-bond donors (Lipinski definition) is 1. The van der Waals surface area contributed by atoms with Crippen molar-refractivity contribution < 1.29 is 24.0 Å². The molecule has 0 aliphatic rings. The molecule has 0 heterocycles. The number of carbonyl (C=O) groups excluding carboxylic acids is 3. The normalized spacial score (nSPS) is 10.2. The number of nitro benzene ring substituents is 1. The fourth-order valence-corrected chi connectivity index (χ4v) is 3.34. The van der Waals surface area contributed by atoms with Crippen molar-refractivity contribution in [1.29, 1.82) is 0 Å². The molecule has 30 heavy (non-hydrogen) atoms. The maximum atomic E-state index is 12.4. The largest absolute Gasteiger partial charge is 0.452 e. The molecule has 0 fully saturated rings. The van der Waals surface area contributed by atoms with Crippen molar-refractivity contribution in [2.45, 2.75) is 11.8 Å². The summed E-state index contributed by atoms with van der Waals surface area (Å²) in [5.41, 5.74) is 0.814. The monoisotopic (exact) mass is 431 g/mol. The van der Waals surface area contributed by atoms with E-state index in [1.54, 1.807) is 45.3 Å². The van der Waals surface area contributed by atoms with Crippen LogP contribution in [0.2, 0.25) is 0 Å². The third-order valence-electron chi connectivity index (χ3n) is 3.98. The Morgan fingerprint density at radius 1 is 1.17 bits per heavy atom. The average molecular weight is 431 g/mol. The van der Waals surface area contributed by atoms with Crippen LogP contribution in [-0.2, 0) is 14.3 Å². The average Bonchev–Trinajstić information content (AvgIpc) is 2.71. The Bertz CT molecular complexity index is 977. The summed E-state index contributed by atoms with van der Waals surface area (Å²) >= 11 is 1.20. The first kappa shape index (κ1) is 22.9. The molecule has 1 N–H and O–H groups in total. The van der Waals surface area contributed by atoms with E-state index in [0.29, 0.717) is 10.5 Å². The highest BCUT2D eigenvalue weighted by Gasteiger charge is 2.17. The van der Waals surface area contributed by atoms with E-state index in [1.807, 2.05) is 0 Å². The summed E-state index contributed by atoms with van der Waals surface area (Å²) in [7, 11) is 3.29. The van der Waals surface area contributed by atoms with Gasteiger partial charge in [-0.05, 0) is 25.1 Å². The minimum absolute atomic E-state index is 0.102. The first-order valence-electron chi connectivity index (χ1n) is 8.83. The molecule has 0 spiro atoms. The molecule has 158 valence electrons. The van der Waals surface area contributed by atoms with Gasteiger partial charge in [0.15, 0.2) is 6.61 Å². The lowest BCUT2D eigenvalue weighted by atomic mass is 10.2. The number of nitro groups is 1. The Kier molecular flexibility index (Phi) is 7.93. The molecule has 0 unspecified atom stereocenters. The molecule has 9 nitrogen and oxygen atoms in total. The second-order valence-electron chi connectivity index (χ2n) is 6.46. The van der Waals surface area contributed by atoms with Crippen LogP contribution in [0.4, 0.5) is 11.4 Å². The topological polar surface area (TPSA) is 119 Å². The van der Waals surface area contributed by atoms with E-state index in [2.05, 4.69) is 5.32 Å². The number of hydrogen-bond acceptors (Lipinski definition) is 7. The Morgan fingerprint density at radius 2 is 1.87 bits per heavy atom. The van der Waals surface area contributed by atoms with Gasteiger partial charge in [0.1, 0.15) is 0 Å². The van der Waals surface area contributed by atoms with E-state index in [0.717, 1.165) is 0 Å². The van der Waals surface area contributed by atoms with E-state index >= 15 is 0 Å². The van der Waals surface area contributed by atoms with Crippen LogP contribution in [0, 0.1) is 17.0 Å². The summed E-state index contributed by atoms with van der Waals surface area (Å²) < 4.78 is 5.06. The van der Waals surface area contributed by atoms with Gasteiger partial charge in [-0.1, -0.05) is 18.2 Å². The highest BCUT2D eigenvalue weighted by molar-refractivity contribution is 8.00. The van der Waals surface area contributed by atoms with Crippen molar-refractivity contribution in [2.75, 3.05) is 31.8 Å². The Balaban J connectivity index is 1.97. The Morgan fingerprint density at radius 3 is 2.53 bits per heavy atom. The van der Waals surface area contributed by atoms with Crippen LogP contribution in [0.1, 0.15) is 15.9 Å². The number of aryl methyl sites for hydroxylation is 1. The van der Waals surface area contributed by atoms with Gasteiger partial charge in [0, 0.05) is 36.3 Å². The number of amides is 2. The smallest absolute Gasteiger partial charge is 0.339 e. The summed E-state index contributed by atoms with van der Waals surface area (Å²) in [6.07, 6.45) is 0. The van der Waals surface area contributed by atoms with E-state index in [9.17, 15) is 24.5 Å². The molecule has 0 radical (unpaired) electrons. The van der Waals surface area contributed by atoms with Crippen molar-refractivity contribution in [3.8, 4) is 0 Å². The minimum atomic E-state index is -0.708. The SMILES string of the molecule is Cc1ccc(NC(=O)COC(=O)c2ccccc2SCC(=O)N(C)C)cc1[N+](=O)[O-]. The molecule has 0 atom stereocenters. The third-order valence-corrected chi connectivity index (χ3v) is 5.04. The lowest BCUT2D eigenvalue weighted by molar-refractivity contribution is -0.385. The van der Waals surface area contributed by atoms with Crippen LogP contribution in [0.25, 0.3) is 0 Å².